The summed E-state index contributed by atoms with van der Waals surface area (Å²) in [7, 11) is 0. The number of hydrogen-bond acceptors (Lipinski definition) is 5. The third-order valence-electron chi connectivity index (χ3n) is 2.53. The molecular formula is C12H7Br3O5. The summed E-state index contributed by atoms with van der Waals surface area (Å²) in [6.07, 6.45) is 0. The van der Waals surface area contributed by atoms with E-state index in [0.29, 0.717) is 15.4 Å². The Morgan fingerprint density at radius 3 is 2.60 bits per heavy atom. The summed E-state index contributed by atoms with van der Waals surface area (Å²) < 4.78 is 10.9. The quantitative estimate of drug-likeness (QED) is 0.533. The average molecular weight is 471 g/mol. The number of halogens is 3. The minimum atomic E-state index is -0.623. The summed E-state index contributed by atoms with van der Waals surface area (Å²) >= 11 is 9.50. The number of rotatable bonds is 2. The predicted octanol–water partition coefficient (Wildman–Crippen LogP) is 3.85. The number of phenols is 1. The van der Waals surface area contributed by atoms with Crippen molar-refractivity contribution in [3.05, 3.63) is 35.5 Å². The molecule has 0 aliphatic heterocycles. The van der Waals surface area contributed by atoms with Crippen molar-refractivity contribution in [3.8, 4) is 5.75 Å². The maximum absolute atomic E-state index is 11.8. The van der Waals surface area contributed by atoms with E-state index in [4.69, 9.17) is 9.15 Å². The van der Waals surface area contributed by atoms with Gasteiger partial charge in [0.1, 0.15) is 21.3 Å². The number of phenolic OH excluding ortho intramolecular Hbond substituents is 1. The summed E-state index contributed by atoms with van der Waals surface area (Å²) in [5, 5.41) is 10.4. The van der Waals surface area contributed by atoms with Gasteiger partial charge >= 0.3 is 11.6 Å². The molecule has 0 atom stereocenters. The molecule has 1 aromatic carbocycles. The molecule has 8 heteroatoms. The number of esters is 1. The topological polar surface area (TPSA) is 76.7 Å². The highest BCUT2D eigenvalue weighted by molar-refractivity contribution is 9.11. The second-order valence-electron chi connectivity index (χ2n) is 3.86. The van der Waals surface area contributed by atoms with Crippen molar-refractivity contribution in [3.63, 3.8) is 0 Å². The smallest absolute Gasteiger partial charge is 0.351 e. The summed E-state index contributed by atoms with van der Waals surface area (Å²) in [4.78, 5) is 22.7. The maximum atomic E-state index is 11.8. The van der Waals surface area contributed by atoms with Gasteiger partial charge in [0.15, 0.2) is 5.58 Å². The third-order valence-corrected chi connectivity index (χ3v) is 4.68. The molecule has 0 saturated carbocycles. The Bertz CT molecular complexity index is 766. The van der Waals surface area contributed by atoms with E-state index in [1.54, 1.807) is 6.07 Å². The van der Waals surface area contributed by atoms with Crippen LogP contribution in [0.25, 0.3) is 11.0 Å². The van der Waals surface area contributed by atoms with Crippen LogP contribution in [0.3, 0.4) is 0 Å². The number of ether oxygens (including phenoxy) is 1. The minimum absolute atomic E-state index is 0.0817. The highest BCUT2D eigenvalue weighted by Crippen LogP contribution is 2.40. The number of hydrogen-bond donors (Lipinski definition) is 1. The molecular weight excluding hydrogens is 464 g/mol. The van der Waals surface area contributed by atoms with Crippen LogP contribution in [0.2, 0.25) is 0 Å². The molecule has 5 nitrogen and oxygen atoms in total. The molecule has 0 aliphatic carbocycles. The van der Waals surface area contributed by atoms with Gasteiger partial charge in [-0.05, 0) is 53.9 Å². The van der Waals surface area contributed by atoms with Crippen LogP contribution in [-0.2, 0) is 16.1 Å². The molecule has 0 aliphatic rings. The first kappa shape index (κ1) is 15.5. The van der Waals surface area contributed by atoms with Crippen molar-refractivity contribution in [1.29, 1.82) is 0 Å². The lowest BCUT2D eigenvalue weighted by Gasteiger charge is -2.10. The normalized spacial score (nSPS) is 10.8. The molecule has 1 heterocycles. The number of aromatic hydroxyl groups is 1. The van der Waals surface area contributed by atoms with Gasteiger partial charge in [-0.2, -0.15) is 0 Å². The lowest BCUT2D eigenvalue weighted by molar-refractivity contribution is -0.142. The molecule has 2 aromatic rings. The van der Waals surface area contributed by atoms with Crippen molar-refractivity contribution in [2.24, 2.45) is 0 Å². The Labute approximate surface area is 138 Å². The second kappa shape index (κ2) is 5.87. The first-order valence-electron chi connectivity index (χ1n) is 5.28. The van der Waals surface area contributed by atoms with Gasteiger partial charge in [0.2, 0.25) is 0 Å². The first-order valence-corrected chi connectivity index (χ1v) is 7.66. The van der Waals surface area contributed by atoms with Crippen molar-refractivity contribution >= 4 is 64.7 Å². The molecule has 0 bridgehead atoms. The minimum Gasteiger partial charge on any atom is -0.505 e. The monoisotopic (exact) mass is 468 g/mol. The van der Waals surface area contributed by atoms with E-state index in [9.17, 15) is 14.7 Å². The number of carbonyl (C=O) groups excluding carboxylic acids is 1. The molecule has 0 fully saturated rings. The predicted molar refractivity (Wildman–Crippen MR) is 82.7 cm³/mol. The van der Waals surface area contributed by atoms with Gasteiger partial charge in [-0.25, -0.2) is 4.79 Å². The highest BCUT2D eigenvalue weighted by atomic mass is 79.9. The third kappa shape index (κ3) is 2.77. The maximum Gasteiger partial charge on any atom is 0.351 e. The fraction of sp³-hybridized carbons (Fsp3) is 0.167. The van der Waals surface area contributed by atoms with E-state index in [0.717, 1.165) is 0 Å². The Balaban J connectivity index is 2.80. The number of benzene rings is 1. The second-order valence-corrected chi connectivity index (χ2v) is 6.30. The lowest BCUT2D eigenvalue weighted by atomic mass is 10.1. The highest BCUT2D eigenvalue weighted by Gasteiger charge is 2.19. The molecule has 106 valence electrons. The molecule has 0 radical (unpaired) electrons. The van der Waals surface area contributed by atoms with E-state index in [2.05, 4.69) is 47.8 Å². The molecule has 0 spiro atoms. The molecule has 1 aromatic heterocycles. The lowest BCUT2D eigenvalue weighted by Crippen LogP contribution is -2.08. The summed E-state index contributed by atoms with van der Waals surface area (Å²) in [5.74, 6) is -0.545. The molecule has 2 rings (SSSR count). The standard InChI is InChI=1S/C12H7Br3O5/c1-4(16)19-3-6-5-2-7(13)10(17)9(15)11(5)20-12(18)8(6)14/h2,17H,3H2,1H3. The van der Waals surface area contributed by atoms with E-state index in [1.165, 1.54) is 6.92 Å². The van der Waals surface area contributed by atoms with Gasteiger partial charge in [-0.15, -0.1) is 0 Å². The van der Waals surface area contributed by atoms with Gasteiger partial charge in [0.05, 0.1) is 4.47 Å². The Kier molecular flexibility index (Phi) is 4.55. The first-order chi connectivity index (χ1) is 9.32. The molecule has 0 amide bonds. The fourth-order valence-corrected chi connectivity index (χ4v) is 3.22. The van der Waals surface area contributed by atoms with Crippen LogP contribution in [0.5, 0.6) is 5.75 Å². The van der Waals surface area contributed by atoms with Crippen LogP contribution in [0.4, 0.5) is 0 Å². The van der Waals surface area contributed by atoms with Crippen LogP contribution < -0.4 is 5.63 Å². The zero-order valence-electron chi connectivity index (χ0n) is 10.00. The zero-order valence-corrected chi connectivity index (χ0v) is 14.8. The van der Waals surface area contributed by atoms with Crippen LogP contribution >= 0.6 is 47.8 Å². The van der Waals surface area contributed by atoms with E-state index < -0.39 is 11.6 Å². The molecule has 0 saturated heterocycles. The van der Waals surface area contributed by atoms with Crippen LogP contribution in [0.15, 0.2) is 28.7 Å². The van der Waals surface area contributed by atoms with E-state index in [-0.39, 0.29) is 26.9 Å². The van der Waals surface area contributed by atoms with Gasteiger partial charge in [-0.3, -0.25) is 4.79 Å². The number of fused-ring (bicyclic) bond motifs is 1. The molecule has 1 N–H and O–H groups in total. The van der Waals surface area contributed by atoms with Crippen LogP contribution in [-0.4, -0.2) is 11.1 Å². The Morgan fingerprint density at radius 2 is 2.00 bits per heavy atom. The van der Waals surface area contributed by atoms with Gasteiger partial charge in [0, 0.05) is 17.9 Å². The van der Waals surface area contributed by atoms with Crippen molar-refractivity contribution in [2.45, 2.75) is 13.5 Å². The van der Waals surface area contributed by atoms with Crippen molar-refractivity contribution < 1.29 is 19.1 Å². The number of carbonyl (C=O) groups is 1. The summed E-state index contributed by atoms with van der Waals surface area (Å²) in [6, 6.07) is 1.59. The van der Waals surface area contributed by atoms with Gasteiger partial charge in [0.25, 0.3) is 0 Å². The zero-order chi connectivity index (χ0) is 15.0. The fourth-order valence-electron chi connectivity index (χ4n) is 1.61. The molecule has 0 unspecified atom stereocenters. The van der Waals surface area contributed by atoms with Crippen LogP contribution in [0.1, 0.15) is 12.5 Å². The van der Waals surface area contributed by atoms with Crippen molar-refractivity contribution in [1.82, 2.24) is 0 Å². The van der Waals surface area contributed by atoms with Gasteiger partial charge in [-0.1, -0.05) is 0 Å². The van der Waals surface area contributed by atoms with Crippen molar-refractivity contribution in [2.75, 3.05) is 0 Å². The Hall–Kier alpha value is -0.860. The van der Waals surface area contributed by atoms with E-state index in [1.807, 2.05) is 0 Å². The molecule has 20 heavy (non-hydrogen) atoms. The average Bonchev–Trinajstić information content (AvgIpc) is 2.38. The van der Waals surface area contributed by atoms with Crippen LogP contribution in [0, 0.1) is 0 Å². The van der Waals surface area contributed by atoms with Gasteiger partial charge < -0.3 is 14.3 Å². The summed E-state index contributed by atoms with van der Waals surface area (Å²) in [5.41, 5.74) is 0.0241. The Morgan fingerprint density at radius 1 is 1.35 bits per heavy atom. The largest absolute Gasteiger partial charge is 0.505 e. The summed E-state index contributed by atoms with van der Waals surface area (Å²) in [6.45, 7) is 1.20. The van der Waals surface area contributed by atoms with E-state index >= 15 is 0 Å². The SMILES string of the molecule is CC(=O)OCc1c(Br)c(=O)oc2c(Br)c(O)c(Br)cc12.